The number of hydrogen-bond donors (Lipinski definition) is 1. The molecular weight excluding hydrogens is 244 g/mol. The largest absolute Gasteiger partial charge is 0.382 e. The average molecular weight is 259 g/mol. The van der Waals surface area contributed by atoms with E-state index >= 15 is 0 Å². The van der Waals surface area contributed by atoms with Crippen LogP contribution in [0.15, 0.2) is 18.2 Å². The lowest BCUT2D eigenvalue weighted by atomic mass is 10.2. The Hall–Kier alpha value is -1.33. The summed E-state index contributed by atoms with van der Waals surface area (Å²) in [5, 5.41) is 14.1. The van der Waals surface area contributed by atoms with Crippen LogP contribution < -0.4 is 5.32 Å². The van der Waals surface area contributed by atoms with Crippen molar-refractivity contribution in [3.63, 3.8) is 0 Å². The Morgan fingerprint density at radius 1 is 1.53 bits per heavy atom. The van der Waals surface area contributed by atoms with Crippen molar-refractivity contribution in [2.75, 3.05) is 25.1 Å². The molecule has 17 heavy (non-hydrogen) atoms. The van der Waals surface area contributed by atoms with Gasteiger partial charge < -0.3 is 10.1 Å². The van der Waals surface area contributed by atoms with Crippen LogP contribution in [0.3, 0.4) is 0 Å². The summed E-state index contributed by atoms with van der Waals surface area (Å²) in [4.78, 5) is 10.3. The highest BCUT2D eigenvalue weighted by Crippen LogP contribution is 2.31. The van der Waals surface area contributed by atoms with Crippen LogP contribution in [0.4, 0.5) is 11.4 Å². The zero-order valence-electron chi connectivity index (χ0n) is 9.61. The molecule has 0 saturated heterocycles. The van der Waals surface area contributed by atoms with E-state index in [1.807, 2.05) is 6.92 Å². The molecule has 5 nitrogen and oxygen atoms in total. The maximum atomic E-state index is 10.8. The molecule has 1 aromatic rings. The Morgan fingerprint density at radius 3 is 2.94 bits per heavy atom. The van der Waals surface area contributed by atoms with E-state index < -0.39 is 4.92 Å². The first-order valence-corrected chi connectivity index (χ1v) is 5.79. The minimum absolute atomic E-state index is 0.00564. The molecule has 1 aromatic carbocycles. The quantitative estimate of drug-likeness (QED) is 0.464. The Labute approximate surface area is 105 Å². The Bertz CT molecular complexity index is 385. The van der Waals surface area contributed by atoms with Gasteiger partial charge in [0, 0.05) is 25.8 Å². The third kappa shape index (κ3) is 4.20. The van der Waals surface area contributed by atoms with Gasteiger partial charge in [-0.1, -0.05) is 17.7 Å². The molecule has 0 radical (unpaired) electrons. The van der Waals surface area contributed by atoms with E-state index in [1.165, 1.54) is 6.07 Å². The van der Waals surface area contributed by atoms with Gasteiger partial charge >= 0.3 is 0 Å². The van der Waals surface area contributed by atoms with Crippen LogP contribution in [0.1, 0.15) is 13.3 Å². The summed E-state index contributed by atoms with van der Waals surface area (Å²) in [7, 11) is 0. The van der Waals surface area contributed by atoms with Gasteiger partial charge in [-0.05, 0) is 19.4 Å². The van der Waals surface area contributed by atoms with Gasteiger partial charge in [0.2, 0.25) is 0 Å². The number of nitrogens with one attached hydrogen (secondary N) is 1. The molecule has 0 fully saturated rings. The van der Waals surface area contributed by atoms with Crippen molar-refractivity contribution >= 4 is 23.0 Å². The van der Waals surface area contributed by atoms with E-state index in [0.717, 1.165) is 6.42 Å². The lowest BCUT2D eigenvalue weighted by Crippen LogP contribution is -2.07. The van der Waals surface area contributed by atoms with Crippen LogP contribution in [0, 0.1) is 10.1 Å². The van der Waals surface area contributed by atoms with Gasteiger partial charge in [-0.15, -0.1) is 0 Å². The monoisotopic (exact) mass is 258 g/mol. The van der Waals surface area contributed by atoms with E-state index in [2.05, 4.69) is 5.32 Å². The van der Waals surface area contributed by atoms with Gasteiger partial charge in [-0.25, -0.2) is 0 Å². The van der Waals surface area contributed by atoms with E-state index in [1.54, 1.807) is 12.1 Å². The molecule has 0 amide bonds. The molecule has 94 valence electrons. The molecule has 0 aliphatic heterocycles. The van der Waals surface area contributed by atoms with Crippen LogP contribution in [-0.2, 0) is 4.74 Å². The number of benzene rings is 1. The van der Waals surface area contributed by atoms with E-state index in [4.69, 9.17) is 16.3 Å². The normalized spacial score (nSPS) is 10.2. The average Bonchev–Trinajstić information content (AvgIpc) is 2.30. The van der Waals surface area contributed by atoms with Gasteiger partial charge in [0.1, 0.15) is 5.69 Å². The number of hydrogen-bond acceptors (Lipinski definition) is 4. The fourth-order valence-corrected chi connectivity index (χ4v) is 1.61. The molecule has 0 aliphatic rings. The van der Waals surface area contributed by atoms with Crippen molar-refractivity contribution in [3.05, 3.63) is 33.3 Å². The van der Waals surface area contributed by atoms with Gasteiger partial charge in [0.15, 0.2) is 0 Å². The fourth-order valence-electron chi connectivity index (χ4n) is 1.37. The highest BCUT2D eigenvalue weighted by atomic mass is 35.5. The van der Waals surface area contributed by atoms with Crippen molar-refractivity contribution in [1.82, 2.24) is 0 Å². The number of nitrogens with zero attached hydrogens (tertiary/aromatic N) is 1. The summed E-state index contributed by atoms with van der Waals surface area (Å²) in [6, 6.07) is 4.61. The van der Waals surface area contributed by atoms with Crippen molar-refractivity contribution in [1.29, 1.82) is 0 Å². The minimum atomic E-state index is -0.448. The number of ether oxygens (including phenoxy) is 1. The summed E-state index contributed by atoms with van der Waals surface area (Å²) in [5.41, 5.74) is 0.365. The van der Waals surface area contributed by atoms with Gasteiger partial charge in [0.25, 0.3) is 5.69 Å². The van der Waals surface area contributed by atoms with Crippen molar-refractivity contribution in [2.45, 2.75) is 13.3 Å². The number of nitro groups is 1. The zero-order valence-corrected chi connectivity index (χ0v) is 10.4. The molecule has 0 heterocycles. The first-order chi connectivity index (χ1) is 8.16. The first kappa shape index (κ1) is 13.7. The van der Waals surface area contributed by atoms with Gasteiger partial charge in [0.05, 0.1) is 9.95 Å². The second-order valence-corrected chi connectivity index (χ2v) is 3.78. The molecule has 1 rings (SSSR count). The topological polar surface area (TPSA) is 64.4 Å². The number of para-hydroxylation sites is 1. The molecule has 0 atom stereocenters. The molecule has 0 bridgehead atoms. The molecular formula is C11H15ClN2O3. The smallest absolute Gasteiger partial charge is 0.293 e. The van der Waals surface area contributed by atoms with Crippen LogP contribution in [0.5, 0.6) is 0 Å². The molecule has 6 heteroatoms. The van der Waals surface area contributed by atoms with E-state index in [0.29, 0.717) is 30.5 Å². The first-order valence-electron chi connectivity index (χ1n) is 5.41. The number of halogens is 1. The Kier molecular flexibility index (Phi) is 5.72. The van der Waals surface area contributed by atoms with E-state index in [-0.39, 0.29) is 5.69 Å². The molecule has 1 N–H and O–H groups in total. The predicted molar refractivity (Wildman–Crippen MR) is 67.7 cm³/mol. The van der Waals surface area contributed by atoms with Gasteiger partial charge in [-0.3, -0.25) is 10.1 Å². The van der Waals surface area contributed by atoms with Crippen molar-refractivity contribution < 1.29 is 9.66 Å². The Balaban J connectivity index is 2.60. The Morgan fingerprint density at radius 2 is 2.29 bits per heavy atom. The second-order valence-electron chi connectivity index (χ2n) is 3.37. The number of nitro benzene ring substituents is 1. The summed E-state index contributed by atoms with van der Waals surface area (Å²) in [6.45, 7) is 3.81. The molecule has 0 saturated carbocycles. The van der Waals surface area contributed by atoms with Crippen molar-refractivity contribution in [3.8, 4) is 0 Å². The standard InChI is InChI=1S/C11H15ClN2O3/c1-2-17-8-4-7-13-11-9(12)5-3-6-10(11)14(15)16/h3,5-6,13H,2,4,7-8H2,1H3. The second kappa shape index (κ2) is 7.09. The van der Waals surface area contributed by atoms with Gasteiger partial charge in [-0.2, -0.15) is 0 Å². The molecule has 0 spiro atoms. The zero-order chi connectivity index (χ0) is 12.7. The summed E-state index contributed by atoms with van der Waals surface area (Å²) in [5.74, 6) is 0. The predicted octanol–water partition coefficient (Wildman–Crippen LogP) is 3.09. The van der Waals surface area contributed by atoms with Crippen LogP contribution >= 0.6 is 11.6 Å². The fraction of sp³-hybridized carbons (Fsp3) is 0.455. The summed E-state index contributed by atoms with van der Waals surface area (Å²) in [6.07, 6.45) is 0.774. The summed E-state index contributed by atoms with van der Waals surface area (Å²) >= 11 is 5.92. The van der Waals surface area contributed by atoms with Crippen molar-refractivity contribution in [2.24, 2.45) is 0 Å². The molecule has 0 aliphatic carbocycles. The minimum Gasteiger partial charge on any atom is -0.382 e. The number of anilines is 1. The highest BCUT2D eigenvalue weighted by Gasteiger charge is 2.15. The maximum absolute atomic E-state index is 10.8. The number of rotatable bonds is 7. The summed E-state index contributed by atoms with van der Waals surface area (Å²) < 4.78 is 5.17. The molecule has 0 aromatic heterocycles. The third-order valence-electron chi connectivity index (χ3n) is 2.16. The highest BCUT2D eigenvalue weighted by molar-refractivity contribution is 6.33. The maximum Gasteiger partial charge on any atom is 0.293 e. The van der Waals surface area contributed by atoms with E-state index in [9.17, 15) is 10.1 Å². The SMILES string of the molecule is CCOCCCNc1c(Cl)cccc1[N+](=O)[O-]. The van der Waals surface area contributed by atoms with Crippen LogP contribution in [-0.4, -0.2) is 24.7 Å². The lowest BCUT2D eigenvalue weighted by molar-refractivity contribution is -0.383. The third-order valence-corrected chi connectivity index (χ3v) is 2.47. The lowest BCUT2D eigenvalue weighted by Gasteiger charge is -2.08. The van der Waals surface area contributed by atoms with Crippen LogP contribution in [0.2, 0.25) is 5.02 Å². The molecule has 0 unspecified atom stereocenters. The van der Waals surface area contributed by atoms with Crippen LogP contribution in [0.25, 0.3) is 0 Å².